The Bertz CT molecular complexity index is 1440. The van der Waals surface area contributed by atoms with Gasteiger partial charge in [-0.05, 0) is 42.5 Å². The predicted molar refractivity (Wildman–Crippen MR) is 119 cm³/mol. The molecule has 0 bridgehead atoms. The Labute approximate surface area is 197 Å². The van der Waals surface area contributed by atoms with Crippen LogP contribution in [0.2, 0.25) is 5.02 Å². The predicted octanol–water partition coefficient (Wildman–Crippen LogP) is 3.78. The van der Waals surface area contributed by atoms with Gasteiger partial charge in [-0.3, -0.25) is 9.78 Å². The van der Waals surface area contributed by atoms with Crippen molar-refractivity contribution in [2.24, 2.45) is 5.73 Å². The van der Waals surface area contributed by atoms with Gasteiger partial charge in [0.1, 0.15) is 5.02 Å². The van der Waals surface area contributed by atoms with Crippen molar-refractivity contribution in [3.05, 3.63) is 69.8 Å². The van der Waals surface area contributed by atoms with Crippen LogP contribution in [0.4, 0.5) is 36.3 Å². The molecule has 11 nitrogen and oxygen atoms in total. The zero-order valence-corrected chi connectivity index (χ0v) is 17.9. The van der Waals surface area contributed by atoms with Gasteiger partial charge in [-0.1, -0.05) is 11.6 Å². The van der Waals surface area contributed by atoms with E-state index in [1.165, 1.54) is 6.20 Å². The topological polar surface area (TPSA) is 176 Å². The van der Waals surface area contributed by atoms with E-state index >= 15 is 0 Å². The number of aliphatic carboxylic acids is 1. The highest BCUT2D eigenvalue weighted by Crippen LogP contribution is 2.26. The third kappa shape index (κ3) is 6.70. The smallest absolute Gasteiger partial charge is 0.475 e. The summed E-state index contributed by atoms with van der Waals surface area (Å²) in [5, 5.41) is 13.5. The Morgan fingerprint density at radius 2 is 1.71 bits per heavy atom. The molecule has 2 heterocycles. The van der Waals surface area contributed by atoms with E-state index in [9.17, 15) is 22.8 Å². The van der Waals surface area contributed by atoms with E-state index in [2.05, 4.69) is 25.6 Å². The van der Waals surface area contributed by atoms with Crippen LogP contribution in [-0.4, -0.2) is 38.1 Å². The quantitative estimate of drug-likeness (QED) is 0.267. The molecule has 2 aromatic carbocycles. The maximum atomic E-state index is 11.3. The van der Waals surface area contributed by atoms with Gasteiger partial charge in [-0.25, -0.2) is 14.6 Å². The Morgan fingerprint density at radius 1 is 1.09 bits per heavy atom. The average Bonchev–Trinajstić information content (AvgIpc) is 3.15. The summed E-state index contributed by atoms with van der Waals surface area (Å²) in [6.07, 6.45) is -3.63. The van der Waals surface area contributed by atoms with E-state index in [-0.39, 0.29) is 0 Å². The number of amides is 1. The molecule has 0 aliphatic heterocycles. The van der Waals surface area contributed by atoms with Crippen molar-refractivity contribution in [1.29, 1.82) is 0 Å². The van der Waals surface area contributed by atoms with Crippen LogP contribution >= 0.6 is 11.6 Å². The number of carbonyl (C=O) groups excluding carboxylic acids is 1. The molecule has 0 unspecified atom stereocenters. The fraction of sp³-hybridized carbons (Fsp3) is 0.0500. The largest absolute Gasteiger partial charge is 0.490 e. The number of carbonyl (C=O) groups is 2. The molecule has 4 rings (SSSR count). The SMILES string of the molecule is NC(=O)c1ccc(Nc2ncc(Cl)c(Nc3ccc4oc(=O)[nH]c4c3)n2)cc1.O=C(O)C(F)(F)F. The van der Waals surface area contributed by atoms with Crippen LogP contribution in [-0.2, 0) is 4.79 Å². The van der Waals surface area contributed by atoms with Crippen molar-refractivity contribution in [3.63, 3.8) is 0 Å². The van der Waals surface area contributed by atoms with Gasteiger partial charge in [0.05, 0.1) is 11.7 Å². The Hall–Kier alpha value is -4.59. The fourth-order valence-corrected chi connectivity index (χ4v) is 2.67. The number of primary amides is 1. The highest BCUT2D eigenvalue weighted by atomic mass is 35.5. The van der Waals surface area contributed by atoms with Gasteiger partial charge >= 0.3 is 17.9 Å². The number of nitrogens with one attached hydrogen (secondary N) is 3. The van der Waals surface area contributed by atoms with Crippen LogP contribution in [0.5, 0.6) is 0 Å². The maximum absolute atomic E-state index is 11.3. The molecule has 0 aliphatic carbocycles. The Morgan fingerprint density at radius 3 is 2.31 bits per heavy atom. The molecule has 0 saturated carbocycles. The van der Waals surface area contributed by atoms with Crippen LogP contribution in [0.15, 0.2) is 57.9 Å². The van der Waals surface area contributed by atoms with Crippen LogP contribution < -0.4 is 22.1 Å². The van der Waals surface area contributed by atoms with Crippen molar-refractivity contribution in [3.8, 4) is 0 Å². The number of carboxylic acid groups (broad SMARTS) is 1. The normalized spacial score (nSPS) is 10.9. The van der Waals surface area contributed by atoms with Crippen LogP contribution in [0, 0.1) is 0 Å². The molecular formula is C20H14ClF3N6O5. The van der Waals surface area contributed by atoms with Gasteiger partial charge in [0.2, 0.25) is 11.9 Å². The molecule has 6 N–H and O–H groups in total. The van der Waals surface area contributed by atoms with Gasteiger partial charge in [0, 0.05) is 16.9 Å². The highest BCUT2D eigenvalue weighted by molar-refractivity contribution is 6.32. The fourth-order valence-electron chi connectivity index (χ4n) is 2.53. The van der Waals surface area contributed by atoms with E-state index < -0.39 is 23.8 Å². The van der Waals surface area contributed by atoms with Crippen LogP contribution in [0.25, 0.3) is 11.1 Å². The van der Waals surface area contributed by atoms with Crippen molar-refractivity contribution in [2.75, 3.05) is 10.6 Å². The van der Waals surface area contributed by atoms with E-state index in [0.29, 0.717) is 44.8 Å². The van der Waals surface area contributed by atoms with Crippen molar-refractivity contribution in [2.45, 2.75) is 6.18 Å². The minimum atomic E-state index is -5.08. The number of nitrogens with zero attached hydrogens (tertiary/aromatic N) is 2. The number of oxazole rings is 1. The molecular weight excluding hydrogens is 497 g/mol. The van der Waals surface area contributed by atoms with Crippen molar-refractivity contribution in [1.82, 2.24) is 15.0 Å². The van der Waals surface area contributed by atoms with E-state index in [1.807, 2.05) is 0 Å². The lowest BCUT2D eigenvalue weighted by molar-refractivity contribution is -0.192. The molecule has 1 amide bonds. The zero-order chi connectivity index (χ0) is 25.8. The minimum absolute atomic E-state index is 0.302. The second kappa shape index (κ2) is 10.1. The summed E-state index contributed by atoms with van der Waals surface area (Å²) in [4.78, 5) is 42.4. The molecule has 0 radical (unpaired) electrons. The number of hydrogen-bond acceptors (Lipinski definition) is 8. The standard InChI is InChI=1S/C18H13ClN6O3.C2HF3O2/c19-12-8-21-17(23-10-3-1-9(2-4-10)15(20)26)25-16(12)22-11-5-6-14-13(7-11)24-18(27)28-14;3-2(4,5)1(6)7/h1-8H,(H2,20,26)(H,24,27)(H2,21,22,23,25);(H,6,7). The lowest BCUT2D eigenvalue weighted by atomic mass is 10.2. The number of H-pyrrole nitrogens is 1. The molecule has 15 heteroatoms. The summed E-state index contributed by atoms with van der Waals surface area (Å²) in [6, 6.07) is 11.7. The van der Waals surface area contributed by atoms with E-state index in [0.717, 1.165) is 0 Å². The first-order valence-corrected chi connectivity index (χ1v) is 9.69. The van der Waals surface area contributed by atoms with E-state index in [1.54, 1.807) is 42.5 Å². The molecule has 0 fully saturated rings. The second-order valence-corrected chi connectivity index (χ2v) is 7.02. The highest BCUT2D eigenvalue weighted by Gasteiger charge is 2.38. The lowest BCUT2D eigenvalue weighted by Gasteiger charge is -2.10. The van der Waals surface area contributed by atoms with Gasteiger partial charge in [-0.15, -0.1) is 0 Å². The number of aromatic nitrogens is 3. The molecule has 4 aromatic rings. The summed E-state index contributed by atoms with van der Waals surface area (Å²) in [6.45, 7) is 0. The third-order valence-electron chi connectivity index (χ3n) is 4.09. The number of rotatable bonds is 5. The Kier molecular flexibility index (Phi) is 7.25. The van der Waals surface area contributed by atoms with E-state index in [4.69, 9.17) is 31.7 Å². The maximum Gasteiger partial charge on any atom is 0.490 e. The number of fused-ring (bicyclic) bond motifs is 1. The molecule has 182 valence electrons. The lowest BCUT2D eigenvalue weighted by Crippen LogP contribution is -2.21. The van der Waals surface area contributed by atoms with Gasteiger partial charge in [0.25, 0.3) is 0 Å². The molecule has 2 aromatic heterocycles. The number of nitrogens with two attached hydrogens (primary N) is 1. The molecule has 0 atom stereocenters. The van der Waals surface area contributed by atoms with Gasteiger partial charge in [0.15, 0.2) is 11.4 Å². The number of carboxylic acids is 1. The zero-order valence-electron chi connectivity index (χ0n) is 17.2. The van der Waals surface area contributed by atoms with Crippen LogP contribution in [0.1, 0.15) is 10.4 Å². The monoisotopic (exact) mass is 510 g/mol. The summed E-state index contributed by atoms with van der Waals surface area (Å²) in [7, 11) is 0. The Balaban J connectivity index is 0.000000429. The van der Waals surface area contributed by atoms with Gasteiger partial charge < -0.3 is 25.9 Å². The first-order valence-electron chi connectivity index (χ1n) is 9.32. The number of aromatic amines is 1. The summed E-state index contributed by atoms with van der Waals surface area (Å²) in [5.41, 5.74) is 7.96. The number of hydrogen-bond donors (Lipinski definition) is 5. The first-order chi connectivity index (χ1) is 16.4. The first kappa shape index (κ1) is 25.0. The molecule has 0 spiro atoms. The molecule has 35 heavy (non-hydrogen) atoms. The van der Waals surface area contributed by atoms with Crippen molar-refractivity contribution >= 4 is 57.7 Å². The summed E-state index contributed by atoms with van der Waals surface area (Å²) < 4.78 is 36.7. The minimum Gasteiger partial charge on any atom is -0.475 e. The summed E-state index contributed by atoms with van der Waals surface area (Å²) >= 11 is 6.18. The average molecular weight is 511 g/mol. The number of alkyl halides is 3. The number of anilines is 4. The number of benzene rings is 2. The molecule has 0 saturated heterocycles. The summed E-state index contributed by atoms with van der Waals surface area (Å²) in [5.74, 6) is -3.11. The number of halogens is 4. The van der Waals surface area contributed by atoms with Crippen molar-refractivity contribution < 1.29 is 32.3 Å². The van der Waals surface area contributed by atoms with Crippen LogP contribution in [0.3, 0.4) is 0 Å². The van der Waals surface area contributed by atoms with Gasteiger partial charge in [-0.2, -0.15) is 18.2 Å². The molecule has 0 aliphatic rings. The second-order valence-electron chi connectivity index (χ2n) is 6.61. The third-order valence-corrected chi connectivity index (χ3v) is 4.37.